The van der Waals surface area contributed by atoms with E-state index in [0.29, 0.717) is 12.0 Å². The van der Waals surface area contributed by atoms with Crippen LogP contribution in [0.15, 0.2) is 12.2 Å². The SMILES string of the molecule is CC(C)(/C=C/CN)C1CC1. The van der Waals surface area contributed by atoms with Crippen LogP contribution in [0.5, 0.6) is 0 Å². The molecule has 58 valence electrons. The summed E-state index contributed by atoms with van der Waals surface area (Å²) >= 11 is 0. The molecule has 0 heterocycles. The molecule has 1 saturated carbocycles. The zero-order chi connectivity index (χ0) is 7.61. The van der Waals surface area contributed by atoms with E-state index >= 15 is 0 Å². The summed E-state index contributed by atoms with van der Waals surface area (Å²) < 4.78 is 0. The predicted octanol–water partition coefficient (Wildman–Crippen LogP) is 1.94. The number of nitrogens with two attached hydrogens (primary N) is 1. The Morgan fingerprint density at radius 3 is 2.50 bits per heavy atom. The van der Waals surface area contributed by atoms with Crippen molar-refractivity contribution in [2.45, 2.75) is 26.7 Å². The summed E-state index contributed by atoms with van der Waals surface area (Å²) in [5.41, 5.74) is 5.77. The molecule has 0 aromatic heterocycles. The van der Waals surface area contributed by atoms with Crippen LogP contribution in [0, 0.1) is 11.3 Å². The Kier molecular flexibility index (Phi) is 2.14. The van der Waals surface area contributed by atoms with Crippen LogP contribution in [0.4, 0.5) is 0 Å². The van der Waals surface area contributed by atoms with E-state index in [-0.39, 0.29) is 0 Å². The first-order chi connectivity index (χ1) is 4.67. The van der Waals surface area contributed by atoms with Gasteiger partial charge >= 0.3 is 0 Å². The number of hydrogen-bond donors (Lipinski definition) is 1. The van der Waals surface area contributed by atoms with Gasteiger partial charge in [-0.15, -0.1) is 0 Å². The quantitative estimate of drug-likeness (QED) is 0.594. The van der Waals surface area contributed by atoms with Crippen molar-refractivity contribution >= 4 is 0 Å². The molecule has 0 aromatic rings. The summed E-state index contributed by atoms with van der Waals surface area (Å²) in [7, 11) is 0. The van der Waals surface area contributed by atoms with Crippen LogP contribution in [0.3, 0.4) is 0 Å². The average molecular weight is 139 g/mol. The third kappa shape index (κ3) is 1.84. The highest BCUT2D eigenvalue weighted by Gasteiger charge is 2.35. The first-order valence-electron chi connectivity index (χ1n) is 4.04. The van der Waals surface area contributed by atoms with Gasteiger partial charge in [0.15, 0.2) is 0 Å². The Morgan fingerprint density at radius 2 is 2.10 bits per heavy atom. The highest BCUT2D eigenvalue weighted by Crippen LogP contribution is 2.45. The van der Waals surface area contributed by atoms with Gasteiger partial charge in [-0.3, -0.25) is 0 Å². The van der Waals surface area contributed by atoms with Crippen molar-refractivity contribution in [2.24, 2.45) is 17.1 Å². The molecule has 2 N–H and O–H groups in total. The van der Waals surface area contributed by atoms with Crippen molar-refractivity contribution < 1.29 is 0 Å². The van der Waals surface area contributed by atoms with Crippen molar-refractivity contribution in [3.63, 3.8) is 0 Å². The molecule has 1 nitrogen and oxygen atoms in total. The van der Waals surface area contributed by atoms with E-state index in [2.05, 4.69) is 26.0 Å². The van der Waals surface area contributed by atoms with Crippen LogP contribution >= 0.6 is 0 Å². The summed E-state index contributed by atoms with van der Waals surface area (Å²) in [5.74, 6) is 0.926. The molecule has 0 amide bonds. The van der Waals surface area contributed by atoms with Crippen molar-refractivity contribution in [2.75, 3.05) is 6.54 Å². The largest absolute Gasteiger partial charge is 0.327 e. The number of hydrogen-bond acceptors (Lipinski definition) is 1. The monoisotopic (exact) mass is 139 g/mol. The molecule has 0 atom stereocenters. The van der Waals surface area contributed by atoms with Gasteiger partial charge < -0.3 is 5.73 Å². The number of allylic oxidation sites excluding steroid dienone is 1. The minimum atomic E-state index is 0.402. The molecule has 1 fully saturated rings. The highest BCUT2D eigenvalue weighted by molar-refractivity contribution is 5.02. The van der Waals surface area contributed by atoms with Crippen molar-refractivity contribution in [1.82, 2.24) is 0 Å². The molecular weight excluding hydrogens is 122 g/mol. The van der Waals surface area contributed by atoms with Crippen LogP contribution in [-0.4, -0.2) is 6.54 Å². The summed E-state index contributed by atoms with van der Waals surface area (Å²) in [6.07, 6.45) is 7.13. The minimum Gasteiger partial charge on any atom is -0.327 e. The Labute approximate surface area is 63.3 Å². The van der Waals surface area contributed by atoms with Gasteiger partial charge in [0.05, 0.1) is 0 Å². The topological polar surface area (TPSA) is 26.0 Å². The lowest BCUT2D eigenvalue weighted by Crippen LogP contribution is -2.10. The molecule has 1 rings (SSSR count). The summed E-state index contributed by atoms with van der Waals surface area (Å²) in [4.78, 5) is 0. The molecule has 0 spiro atoms. The summed E-state index contributed by atoms with van der Waals surface area (Å²) in [6.45, 7) is 5.25. The second kappa shape index (κ2) is 2.75. The van der Waals surface area contributed by atoms with Crippen molar-refractivity contribution in [1.29, 1.82) is 0 Å². The lowest BCUT2D eigenvalue weighted by molar-refractivity contribution is 0.410. The van der Waals surface area contributed by atoms with E-state index in [1.54, 1.807) is 0 Å². The van der Waals surface area contributed by atoms with Crippen LogP contribution in [0.25, 0.3) is 0 Å². The van der Waals surface area contributed by atoms with Gasteiger partial charge in [0.1, 0.15) is 0 Å². The summed E-state index contributed by atoms with van der Waals surface area (Å²) in [5, 5.41) is 0. The second-order valence-electron chi connectivity index (χ2n) is 3.73. The Bertz CT molecular complexity index is 132. The first kappa shape index (κ1) is 7.80. The molecular formula is C9H17N. The molecule has 0 aromatic carbocycles. The van der Waals surface area contributed by atoms with Gasteiger partial charge in [-0.05, 0) is 24.2 Å². The third-order valence-corrected chi connectivity index (χ3v) is 2.31. The molecule has 1 heteroatoms. The summed E-state index contributed by atoms with van der Waals surface area (Å²) in [6, 6.07) is 0. The molecule has 0 saturated heterocycles. The maximum Gasteiger partial charge on any atom is 0.0107 e. The third-order valence-electron chi connectivity index (χ3n) is 2.31. The van der Waals surface area contributed by atoms with Crippen LogP contribution < -0.4 is 5.73 Å². The van der Waals surface area contributed by atoms with Crippen LogP contribution in [0.1, 0.15) is 26.7 Å². The minimum absolute atomic E-state index is 0.402. The van der Waals surface area contributed by atoms with Crippen molar-refractivity contribution in [3.8, 4) is 0 Å². The Hall–Kier alpha value is -0.300. The average Bonchev–Trinajstić information content (AvgIpc) is 2.64. The van der Waals surface area contributed by atoms with Crippen LogP contribution in [-0.2, 0) is 0 Å². The van der Waals surface area contributed by atoms with Crippen molar-refractivity contribution in [3.05, 3.63) is 12.2 Å². The molecule has 1 aliphatic carbocycles. The Morgan fingerprint density at radius 1 is 1.50 bits per heavy atom. The van der Waals surface area contributed by atoms with E-state index in [1.807, 2.05) is 0 Å². The molecule has 1 aliphatic rings. The smallest absolute Gasteiger partial charge is 0.0107 e. The Balaban J connectivity index is 2.41. The fourth-order valence-corrected chi connectivity index (χ4v) is 1.34. The zero-order valence-corrected chi connectivity index (χ0v) is 6.93. The first-order valence-corrected chi connectivity index (χ1v) is 4.04. The maximum atomic E-state index is 5.37. The maximum absolute atomic E-state index is 5.37. The molecule has 0 aliphatic heterocycles. The normalized spacial score (nSPS) is 20.3. The molecule has 0 unspecified atom stereocenters. The van der Waals surface area contributed by atoms with Gasteiger partial charge in [0, 0.05) is 6.54 Å². The number of rotatable bonds is 3. The lowest BCUT2D eigenvalue weighted by Gasteiger charge is -2.18. The fourth-order valence-electron chi connectivity index (χ4n) is 1.34. The van der Waals surface area contributed by atoms with Gasteiger partial charge in [0.2, 0.25) is 0 Å². The van der Waals surface area contributed by atoms with Gasteiger partial charge in [-0.2, -0.15) is 0 Å². The van der Waals surface area contributed by atoms with E-state index in [9.17, 15) is 0 Å². The van der Waals surface area contributed by atoms with E-state index in [4.69, 9.17) is 5.73 Å². The molecule has 0 bridgehead atoms. The van der Waals surface area contributed by atoms with E-state index in [0.717, 1.165) is 5.92 Å². The van der Waals surface area contributed by atoms with Crippen LogP contribution in [0.2, 0.25) is 0 Å². The fraction of sp³-hybridized carbons (Fsp3) is 0.778. The van der Waals surface area contributed by atoms with E-state index in [1.165, 1.54) is 12.8 Å². The van der Waals surface area contributed by atoms with Gasteiger partial charge in [0.25, 0.3) is 0 Å². The van der Waals surface area contributed by atoms with Gasteiger partial charge in [-0.1, -0.05) is 26.0 Å². The van der Waals surface area contributed by atoms with E-state index < -0.39 is 0 Å². The lowest BCUT2D eigenvalue weighted by atomic mass is 9.87. The standard InChI is InChI=1S/C9H17N/c1-9(2,6-3-7-10)8-4-5-8/h3,6,8H,4-5,7,10H2,1-2H3/b6-3+. The predicted molar refractivity (Wildman–Crippen MR) is 44.7 cm³/mol. The highest BCUT2D eigenvalue weighted by atomic mass is 14.5. The molecule has 10 heavy (non-hydrogen) atoms. The zero-order valence-electron chi connectivity index (χ0n) is 6.93. The second-order valence-corrected chi connectivity index (χ2v) is 3.73. The molecule has 0 radical (unpaired) electrons. The van der Waals surface area contributed by atoms with Gasteiger partial charge in [-0.25, -0.2) is 0 Å².